The number of ether oxygens (including phenoxy) is 2. The smallest absolute Gasteiger partial charge is 0.319 e. The summed E-state index contributed by atoms with van der Waals surface area (Å²) in [5, 5.41) is 8.36. The fraction of sp³-hybridized carbons (Fsp3) is 0.263. The van der Waals surface area contributed by atoms with Crippen molar-refractivity contribution in [2.75, 3.05) is 24.4 Å². The third-order valence-corrected chi connectivity index (χ3v) is 3.97. The molecule has 7 heteroatoms. The van der Waals surface area contributed by atoms with Gasteiger partial charge >= 0.3 is 6.03 Å². The van der Waals surface area contributed by atoms with Crippen LogP contribution in [0.2, 0.25) is 0 Å². The molecule has 1 aliphatic heterocycles. The van der Waals surface area contributed by atoms with Crippen LogP contribution in [0.25, 0.3) is 0 Å². The summed E-state index contributed by atoms with van der Waals surface area (Å²) in [5.41, 5.74) is 2.31. The molecule has 0 fully saturated rings. The lowest BCUT2D eigenvalue weighted by atomic mass is 10.0. The zero-order chi connectivity index (χ0) is 18.5. The molecule has 3 N–H and O–H groups in total. The number of anilines is 2. The average molecular weight is 355 g/mol. The zero-order valence-corrected chi connectivity index (χ0v) is 14.7. The van der Waals surface area contributed by atoms with E-state index in [1.54, 1.807) is 31.4 Å². The molecule has 0 saturated carbocycles. The number of methoxy groups -OCH3 is 1. The van der Waals surface area contributed by atoms with Crippen molar-refractivity contribution in [2.24, 2.45) is 0 Å². The highest BCUT2D eigenvalue weighted by atomic mass is 16.5. The zero-order valence-electron chi connectivity index (χ0n) is 14.7. The Labute approximate surface area is 151 Å². The predicted molar refractivity (Wildman–Crippen MR) is 98.9 cm³/mol. The summed E-state index contributed by atoms with van der Waals surface area (Å²) < 4.78 is 10.9. The van der Waals surface area contributed by atoms with Gasteiger partial charge in [-0.05, 0) is 54.4 Å². The van der Waals surface area contributed by atoms with Gasteiger partial charge in [0.05, 0.1) is 13.2 Å². The Morgan fingerprint density at radius 3 is 2.42 bits per heavy atom. The van der Waals surface area contributed by atoms with Gasteiger partial charge in [0, 0.05) is 18.3 Å². The van der Waals surface area contributed by atoms with E-state index in [1.165, 1.54) is 6.92 Å². The fourth-order valence-corrected chi connectivity index (χ4v) is 2.78. The van der Waals surface area contributed by atoms with Crippen LogP contribution in [0.4, 0.5) is 16.2 Å². The number of amides is 3. The maximum Gasteiger partial charge on any atom is 0.319 e. The molecule has 0 bridgehead atoms. The molecular weight excluding hydrogens is 334 g/mol. The van der Waals surface area contributed by atoms with Crippen molar-refractivity contribution in [3.63, 3.8) is 0 Å². The van der Waals surface area contributed by atoms with Crippen molar-refractivity contribution < 1.29 is 19.1 Å². The lowest BCUT2D eigenvalue weighted by Gasteiger charge is -2.26. The van der Waals surface area contributed by atoms with E-state index in [2.05, 4.69) is 16.0 Å². The van der Waals surface area contributed by atoms with Crippen molar-refractivity contribution in [1.29, 1.82) is 0 Å². The van der Waals surface area contributed by atoms with E-state index in [4.69, 9.17) is 9.47 Å². The highest BCUT2D eigenvalue weighted by Gasteiger charge is 2.22. The standard InChI is InChI=1S/C19H21N3O4/c1-12(23)20-14-3-5-15(6-4-14)21-19(24)22-16-9-13-10-17(25-2)7-8-18(13)26-11-16/h3-8,10,16H,9,11H2,1-2H3,(H,20,23)(H2,21,22,24)/t16-/m0/s1. The van der Waals surface area contributed by atoms with Gasteiger partial charge in [-0.1, -0.05) is 0 Å². The van der Waals surface area contributed by atoms with Gasteiger partial charge in [-0.3, -0.25) is 4.79 Å². The second-order valence-electron chi connectivity index (χ2n) is 6.04. The second kappa shape index (κ2) is 7.77. The number of fused-ring (bicyclic) bond motifs is 1. The maximum absolute atomic E-state index is 12.2. The molecule has 0 aromatic heterocycles. The van der Waals surface area contributed by atoms with E-state index in [-0.39, 0.29) is 18.0 Å². The predicted octanol–water partition coefficient (Wildman–Crippen LogP) is 2.78. The van der Waals surface area contributed by atoms with Crippen LogP contribution >= 0.6 is 0 Å². The van der Waals surface area contributed by atoms with Crippen LogP contribution in [0.15, 0.2) is 42.5 Å². The van der Waals surface area contributed by atoms with Gasteiger partial charge in [0.25, 0.3) is 0 Å². The first-order chi connectivity index (χ1) is 12.5. The minimum Gasteiger partial charge on any atom is -0.497 e. The fourth-order valence-electron chi connectivity index (χ4n) is 2.78. The number of benzene rings is 2. The number of hydrogen-bond donors (Lipinski definition) is 3. The number of carbonyl (C=O) groups is 2. The topological polar surface area (TPSA) is 88.7 Å². The van der Waals surface area contributed by atoms with Gasteiger partial charge in [-0.25, -0.2) is 4.79 Å². The van der Waals surface area contributed by atoms with Crippen molar-refractivity contribution in [3.05, 3.63) is 48.0 Å². The van der Waals surface area contributed by atoms with Crippen molar-refractivity contribution >= 4 is 23.3 Å². The number of hydrogen-bond acceptors (Lipinski definition) is 4. The third-order valence-electron chi connectivity index (χ3n) is 3.97. The first kappa shape index (κ1) is 17.6. The molecule has 3 rings (SSSR count). The molecular formula is C19H21N3O4. The van der Waals surface area contributed by atoms with Crippen LogP contribution in [0, 0.1) is 0 Å². The highest BCUT2D eigenvalue weighted by Crippen LogP contribution is 2.28. The quantitative estimate of drug-likeness (QED) is 0.787. The van der Waals surface area contributed by atoms with Crippen LogP contribution in [0.3, 0.4) is 0 Å². The summed E-state index contributed by atoms with van der Waals surface area (Å²) in [6, 6.07) is 12.1. The Balaban J connectivity index is 1.56. The Kier molecular flexibility index (Phi) is 5.26. The number of carbonyl (C=O) groups excluding carboxylic acids is 2. The van der Waals surface area contributed by atoms with Crippen LogP contribution in [0.1, 0.15) is 12.5 Å². The molecule has 136 valence electrons. The number of rotatable bonds is 4. The van der Waals surface area contributed by atoms with E-state index < -0.39 is 0 Å². The second-order valence-corrected chi connectivity index (χ2v) is 6.04. The summed E-state index contributed by atoms with van der Waals surface area (Å²) in [6.45, 7) is 1.85. The Hall–Kier alpha value is -3.22. The van der Waals surface area contributed by atoms with E-state index in [0.717, 1.165) is 17.1 Å². The normalized spacial score (nSPS) is 15.2. The van der Waals surface area contributed by atoms with E-state index in [1.807, 2.05) is 18.2 Å². The molecule has 0 unspecified atom stereocenters. The summed E-state index contributed by atoms with van der Waals surface area (Å²) >= 11 is 0. The molecule has 0 aliphatic carbocycles. The maximum atomic E-state index is 12.2. The average Bonchev–Trinajstić information content (AvgIpc) is 2.62. The van der Waals surface area contributed by atoms with Crippen LogP contribution in [0.5, 0.6) is 11.5 Å². The molecule has 26 heavy (non-hydrogen) atoms. The summed E-state index contributed by atoms with van der Waals surface area (Å²) in [6.07, 6.45) is 0.668. The summed E-state index contributed by atoms with van der Waals surface area (Å²) in [7, 11) is 1.62. The van der Waals surface area contributed by atoms with E-state index in [0.29, 0.717) is 24.4 Å². The van der Waals surface area contributed by atoms with Crippen molar-refractivity contribution in [2.45, 2.75) is 19.4 Å². The molecule has 0 spiro atoms. The van der Waals surface area contributed by atoms with Gasteiger partial charge in [-0.15, -0.1) is 0 Å². The molecule has 1 heterocycles. The third kappa shape index (κ3) is 4.44. The van der Waals surface area contributed by atoms with E-state index >= 15 is 0 Å². The van der Waals surface area contributed by atoms with E-state index in [9.17, 15) is 9.59 Å². The van der Waals surface area contributed by atoms with Crippen LogP contribution in [-0.4, -0.2) is 31.7 Å². The molecule has 1 atom stereocenters. The number of urea groups is 1. The van der Waals surface area contributed by atoms with Gasteiger partial charge in [0.1, 0.15) is 18.1 Å². The summed E-state index contributed by atoms with van der Waals surface area (Å²) in [5.74, 6) is 1.44. The van der Waals surface area contributed by atoms with Crippen molar-refractivity contribution in [1.82, 2.24) is 5.32 Å². The molecule has 1 aliphatic rings. The Morgan fingerprint density at radius 1 is 1.08 bits per heavy atom. The number of nitrogens with one attached hydrogen (secondary N) is 3. The SMILES string of the molecule is COc1ccc2c(c1)C[C@H](NC(=O)Nc1ccc(NC(C)=O)cc1)CO2. The molecule has 7 nitrogen and oxygen atoms in total. The van der Waals surface area contributed by atoms with Crippen molar-refractivity contribution in [3.8, 4) is 11.5 Å². The minimum absolute atomic E-state index is 0.131. The van der Waals surface area contributed by atoms with Gasteiger partial charge < -0.3 is 25.4 Å². The molecule has 0 radical (unpaired) electrons. The van der Waals surface area contributed by atoms with Gasteiger partial charge in [0.2, 0.25) is 5.91 Å². The van der Waals surface area contributed by atoms with Gasteiger partial charge in [0.15, 0.2) is 0 Å². The van der Waals surface area contributed by atoms with Gasteiger partial charge in [-0.2, -0.15) is 0 Å². The molecule has 0 saturated heterocycles. The summed E-state index contributed by atoms with van der Waals surface area (Å²) in [4.78, 5) is 23.2. The molecule has 2 aromatic carbocycles. The highest BCUT2D eigenvalue weighted by molar-refractivity contribution is 5.91. The van der Waals surface area contributed by atoms with Crippen LogP contribution in [-0.2, 0) is 11.2 Å². The molecule has 2 aromatic rings. The molecule has 3 amide bonds. The lowest BCUT2D eigenvalue weighted by Crippen LogP contribution is -2.44. The monoisotopic (exact) mass is 355 g/mol. The minimum atomic E-state index is -0.308. The first-order valence-corrected chi connectivity index (χ1v) is 8.28. The Bertz CT molecular complexity index is 805. The Morgan fingerprint density at radius 2 is 1.77 bits per heavy atom. The first-order valence-electron chi connectivity index (χ1n) is 8.28. The lowest BCUT2D eigenvalue weighted by molar-refractivity contribution is -0.114. The van der Waals surface area contributed by atoms with Crippen LogP contribution < -0.4 is 25.4 Å². The largest absolute Gasteiger partial charge is 0.497 e.